The van der Waals surface area contributed by atoms with Crippen molar-refractivity contribution in [2.75, 3.05) is 26.7 Å². The highest BCUT2D eigenvalue weighted by Gasteiger charge is 2.11. The molecular weight excluding hydrogens is 533 g/mol. The van der Waals surface area contributed by atoms with Gasteiger partial charge < -0.3 is 25.4 Å². The number of methoxy groups -OCH3 is 1. The second-order valence-corrected chi connectivity index (χ2v) is 6.45. The first-order chi connectivity index (χ1) is 15.0. The first kappa shape index (κ1) is 27.4. The van der Waals surface area contributed by atoms with Crippen LogP contribution < -0.4 is 25.4 Å². The molecule has 0 aromatic heterocycles. The first-order valence-corrected chi connectivity index (χ1v) is 10.0. The summed E-state index contributed by atoms with van der Waals surface area (Å²) < 4.78 is 35.1. The topological polar surface area (TPSA) is 84.0 Å². The molecule has 0 saturated heterocycles. The van der Waals surface area contributed by atoms with Crippen molar-refractivity contribution in [1.29, 1.82) is 0 Å². The van der Waals surface area contributed by atoms with Gasteiger partial charge in [-0.1, -0.05) is 18.2 Å². The summed E-state index contributed by atoms with van der Waals surface area (Å²) in [5, 5.41) is 9.12. The average Bonchev–Trinajstić information content (AvgIpc) is 2.78. The number of rotatable bonds is 11. The summed E-state index contributed by atoms with van der Waals surface area (Å²) in [5.74, 6) is 0.992. The molecule has 0 unspecified atom stereocenters. The standard InChI is InChI=1S/C22H28F2N4O3.HI/c1-3-25-22(27-13-7-12-26-20(29)16-8-5-4-6-9-16)28-15-17-14-18(30-2)10-11-19(17)31-21(23)24;/h4-6,8-11,14,21H,3,7,12-13,15H2,1-2H3,(H,26,29)(H2,25,27,28);1H. The van der Waals surface area contributed by atoms with Crippen LogP contribution in [0.4, 0.5) is 8.78 Å². The molecule has 0 bridgehead atoms. The highest BCUT2D eigenvalue weighted by molar-refractivity contribution is 14.0. The molecular formula is C22H29F2IN4O3. The van der Waals surface area contributed by atoms with Gasteiger partial charge in [-0.25, -0.2) is 4.99 Å². The predicted molar refractivity (Wildman–Crippen MR) is 131 cm³/mol. The van der Waals surface area contributed by atoms with E-state index in [-0.39, 0.29) is 42.2 Å². The molecule has 0 radical (unpaired) electrons. The molecule has 32 heavy (non-hydrogen) atoms. The van der Waals surface area contributed by atoms with Gasteiger partial charge in [0, 0.05) is 30.8 Å². The summed E-state index contributed by atoms with van der Waals surface area (Å²) in [7, 11) is 1.50. The van der Waals surface area contributed by atoms with Gasteiger partial charge in [-0.3, -0.25) is 4.79 Å². The summed E-state index contributed by atoms with van der Waals surface area (Å²) in [6, 6.07) is 13.6. The molecule has 0 heterocycles. The van der Waals surface area contributed by atoms with E-state index in [2.05, 4.69) is 25.7 Å². The molecule has 0 aliphatic carbocycles. The third-order valence-corrected chi connectivity index (χ3v) is 4.20. The number of carbonyl (C=O) groups is 1. The van der Waals surface area contributed by atoms with E-state index in [1.54, 1.807) is 24.3 Å². The molecule has 0 aliphatic rings. The Morgan fingerprint density at radius 3 is 2.44 bits per heavy atom. The van der Waals surface area contributed by atoms with Crippen molar-refractivity contribution < 1.29 is 23.0 Å². The van der Waals surface area contributed by atoms with Gasteiger partial charge >= 0.3 is 6.61 Å². The second-order valence-electron chi connectivity index (χ2n) is 6.45. The summed E-state index contributed by atoms with van der Waals surface area (Å²) in [4.78, 5) is 16.5. The van der Waals surface area contributed by atoms with Crippen molar-refractivity contribution in [2.45, 2.75) is 26.5 Å². The molecule has 10 heteroatoms. The number of amides is 1. The zero-order valence-corrected chi connectivity index (χ0v) is 20.4. The van der Waals surface area contributed by atoms with E-state index in [0.29, 0.717) is 48.9 Å². The van der Waals surface area contributed by atoms with Gasteiger partial charge in [0.05, 0.1) is 13.7 Å². The van der Waals surface area contributed by atoms with Gasteiger partial charge in [0.1, 0.15) is 11.5 Å². The van der Waals surface area contributed by atoms with Gasteiger partial charge in [0.15, 0.2) is 5.96 Å². The number of ether oxygens (including phenoxy) is 2. The van der Waals surface area contributed by atoms with Crippen LogP contribution in [0.15, 0.2) is 53.5 Å². The number of aliphatic imine (C=N–C) groups is 1. The Bertz CT molecular complexity index is 854. The number of nitrogens with one attached hydrogen (secondary N) is 3. The highest BCUT2D eigenvalue weighted by Crippen LogP contribution is 2.26. The van der Waals surface area contributed by atoms with Crippen LogP contribution in [0.2, 0.25) is 0 Å². The van der Waals surface area contributed by atoms with Crippen LogP contribution >= 0.6 is 24.0 Å². The van der Waals surface area contributed by atoms with Crippen LogP contribution in [0.1, 0.15) is 29.3 Å². The quantitative estimate of drug-likeness (QED) is 0.168. The lowest BCUT2D eigenvalue weighted by atomic mass is 10.2. The van der Waals surface area contributed by atoms with E-state index < -0.39 is 6.61 Å². The SMILES string of the molecule is CCNC(=NCc1cc(OC)ccc1OC(F)F)NCCCNC(=O)c1ccccc1.I. The number of alkyl halides is 2. The fraction of sp³-hybridized carbons (Fsp3) is 0.364. The molecule has 0 saturated carbocycles. The Morgan fingerprint density at radius 2 is 1.78 bits per heavy atom. The molecule has 7 nitrogen and oxygen atoms in total. The number of hydrogen-bond donors (Lipinski definition) is 3. The zero-order chi connectivity index (χ0) is 22.5. The van der Waals surface area contributed by atoms with Gasteiger partial charge in [0.2, 0.25) is 0 Å². The lowest BCUT2D eigenvalue weighted by molar-refractivity contribution is -0.0504. The number of nitrogens with zero attached hydrogens (tertiary/aromatic N) is 1. The normalized spacial score (nSPS) is 10.8. The number of hydrogen-bond acceptors (Lipinski definition) is 4. The van der Waals surface area contributed by atoms with Crippen LogP contribution in [0.25, 0.3) is 0 Å². The molecule has 2 aromatic carbocycles. The van der Waals surface area contributed by atoms with Gasteiger partial charge in [-0.2, -0.15) is 8.78 Å². The van der Waals surface area contributed by atoms with Crippen molar-refractivity contribution in [3.8, 4) is 11.5 Å². The smallest absolute Gasteiger partial charge is 0.387 e. The Kier molecular flexibility index (Phi) is 13.0. The monoisotopic (exact) mass is 562 g/mol. The maximum absolute atomic E-state index is 12.7. The van der Waals surface area contributed by atoms with Crippen molar-refractivity contribution in [2.24, 2.45) is 4.99 Å². The van der Waals surface area contributed by atoms with E-state index in [9.17, 15) is 13.6 Å². The van der Waals surface area contributed by atoms with E-state index in [1.807, 2.05) is 25.1 Å². The molecule has 2 rings (SSSR count). The van der Waals surface area contributed by atoms with Crippen molar-refractivity contribution in [3.05, 3.63) is 59.7 Å². The molecule has 0 aliphatic heterocycles. The average molecular weight is 562 g/mol. The maximum Gasteiger partial charge on any atom is 0.387 e. The first-order valence-electron chi connectivity index (χ1n) is 10.0. The van der Waals surface area contributed by atoms with Crippen LogP contribution in [0.3, 0.4) is 0 Å². The van der Waals surface area contributed by atoms with Crippen LogP contribution in [0, 0.1) is 0 Å². The van der Waals surface area contributed by atoms with Gasteiger partial charge in [-0.15, -0.1) is 24.0 Å². The molecule has 0 spiro atoms. The zero-order valence-electron chi connectivity index (χ0n) is 18.1. The van der Waals surface area contributed by atoms with Crippen LogP contribution in [-0.2, 0) is 6.54 Å². The Balaban J connectivity index is 0.00000512. The van der Waals surface area contributed by atoms with E-state index in [1.165, 1.54) is 13.2 Å². The van der Waals surface area contributed by atoms with Crippen LogP contribution in [-0.4, -0.2) is 45.2 Å². The second kappa shape index (κ2) is 15.2. The van der Waals surface area contributed by atoms with Gasteiger partial charge in [0.25, 0.3) is 5.91 Å². The third-order valence-electron chi connectivity index (χ3n) is 4.20. The lowest BCUT2D eigenvalue weighted by Gasteiger charge is -2.14. The Hall–Kier alpha value is -2.63. The number of carbonyl (C=O) groups excluding carboxylic acids is 1. The summed E-state index contributed by atoms with van der Waals surface area (Å²) >= 11 is 0. The molecule has 2 aromatic rings. The number of guanidine groups is 1. The Labute approximate surface area is 204 Å². The molecule has 0 fully saturated rings. The van der Waals surface area contributed by atoms with Crippen molar-refractivity contribution in [3.63, 3.8) is 0 Å². The number of benzene rings is 2. The van der Waals surface area contributed by atoms with E-state index in [4.69, 9.17) is 4.74 Å². The lowest BCUT2D eigenvalue weighted by Crippen LogP contribution is -2.38. The molecule has 0 atom stereocenters. The van der Waals surface area contributed by atoms with E-state index >= 15 is 0 Å². The van der Waals surface area contributed by atoms with Crippen molar-refractivity contribution in [1.82, 2.24) is 16.0 Å². The Morgan fingerprint density at radius 1 is 1.06 bits per heavy atom. The van der Waals surface area contributed by atoms with Crippen molar-refractivity contribution >= 4 is 35.8 Å². The molecule has 1 amide bonds. The minimum absolute atomic E-state index is 0. The molecule has 3 N–H and O–H groups in total. The number of halogens is 3. The summed E-state index contributed by atoms with van der Waals surface area (Å²) in [6.45, 7) is 0.832. The summed E-state index contributed by atoms with van der Waals surface area (Å²) in [5.41, 5.74) is 1.09. The third kappa shape index (κ3) is 9.67. The largest absolute Gasteiger partial charge is 0.497 e. The van der Waals surface area contributed by atoms with Crippen LogP contribution in [0.5, 0.6) is 11.5 Å². The maximum atomic E-state index is 12.7. The van der Waals surface area contributed by atoms with E-state index in [0.717, 1.165) is 0 Å². The predicted octanol–water partition coefficient (Wildman–Crippen LogP) is 3.79. The molecule has 176 valence electrons. The minimum atomic E-state index is -2.92. The van der Waals surface area contributed by atoms with Gasteiger partial charge in [-0.05, 0) is 43.7 Å². The highest BCUT2D eigenvalue weighted by atomic mass is 127. The fourth-order valence-corrected chi connectivity index (χ4v) is 2.71. The fourth-order valence-electron chi connectivity index (χ4n) is 2.71. The minimum Gasteiger partial charge on any atom is -0.497 e. The summed E-state index contributed by atoms with van der Waals surface area (Å²) in [6.07, 6.45) is 0.682.